The van der Waals surface area contributed by atoms with Gasteiger partial charge in [0.15, 0.2) is 0 Å². The molecule has 0 spiro atoms. The summed E-state index contributed by atoms with van der Waals surface area (Å²) in [6.07, 6.45) is 14.5. The van der Waals surface area contributed by atoms with Crippen LogP contribution < -0.4 is 0 Å². The van der Waals surface area contributed by atoms with Crippen LogP contribution in [0.5, 0.6) is 0 Å². The summed E-state index contributed by atoms with van der Waals surface area (Å²) in [5.74, 6) is 2.90. The van der Waals surface area contributed by atoms with Gasteiger partial charge >= 0.3 is 0 Å². The maximum absolute atomic E-state index is 10.5. The first-order valence-corrected chi connectivity index (χ1v) is 11.9. The molecule has 3 nitrogen and oxygen atoms in total. The zero-order valence-electron chi connectivity index (χ0n) is 18.3. The number of fused-ring (bicyclic) bond motifs is 5. The lowest BCUT2D eigenvalue weighted by Crippen LogP contribution is -2.52. The van der Waals surface area contributed by atoms with Crippen molar-refractivity contribution in [1.82, 2.24) is 0 Å². The second-order valence-corrected chi connectivity index (χ2v) is 11.6. The van der Waals surface area contributed by atoms with Gasteiger partial charge in [-0.3, -0.25) is 0 Å². The second-order valence-electron chi connectivity index (χ2n) is 11.6. The van der Waals surface area contributed by atoms with Crippen molar-refractivity contribution in [3.63, 3.8) is 0 Å². The Labute approximate surface area is 171 Å². The zero-order valence-corrected chi connectivity index (χ0v) is 18.3. The Bertz CT molecular complexity index is 605. The second kappa shape index (κ2) is 7.39. The Kier molecular flexibility index (Phi) is 5.51. The molecule has 7 unspecified atom stereocenters. The molecular weight excluding hydrogens is 348 g/mol. The van der Waals surface area contributed by atoms with E-state index in [1.807, 2.05) is 13.8 Å². The van der Waals surface area contributed by atoms with Crippen LogP contribution in [0.1, 0.15) is 91.4 Å². The molecule has 0 amide bonds. The number of allylic oxidation sites excluding steroid dienone is 1. The molecule has 0 radical (unpaired) electrons. The predicted octanol–water partition coefficient (Wildman–Crippen LogP) is 4.84. The van der Waals surface area contributed by atoms with Crippen LogP contribution in [0.3, 0.4) is 0 Å². The normalized spacial score (nSPS) is 45.8. The van der Waals surface area contributed by atoms with E-state index < -0.39 is 5.60 Å². The minimum Gasteiger partial charge on any atom is -0.395 e. The molecule has 0 aromatic carbocycles. The van der Waals surface area contributed by atoms with Gasteiger partial charge in [-0.1, -0.05) is 25.0 Å². The van der Waals surface area contributed by atoms with Gasteiger partial charge in [0.25, 0.3) is 0 Å². The van der Waals surface area contributed by atoms with Crippen LogP contribution in [-0.2, 0) is 0 Å². The van der Waals surface area contributed by atoms with Crippen LogP contribution in [0.4, 0.5) is 0 Å². The molecule has 0 heterocycles. The van der Waals surface area contributed by atoms with Gasteiger partial charge in [0.1, 0.15) is 0 Å². The molecule has 4 aliphatic rings. The number of hydrogen-bond acceptors (Lipinski definition) is 3. The molecule has 3 fully saturated rings. The fourth-order valence-corrected chi connectivity index (χ4v) is 8.10. The quantitative estimate of drug-likeness (QED) is 0.589. The number of hydrogen-bond donors (Lipinski definition) is 3. The van der Waals surface area contributed by atoms with Crippen molar-refractivity contribution >= 4 is 0 Å². The van der Waals surface area contributed by atoms with Crippen molar-refractivity contribution in [1.29, 1.82) is 0 Å². The monoisotopic (exact) mass is 390 g/mol. The van der Waals surface area contributed by atoms with E-state index in [-0.39, 0.29) is 18.1 Å². The highest BCUT2D eigenvalue weighted by atomic mass is 16.3. The summed E-state index contributed by atoms with van der Waals surface area (Å²) in [5.41, 5.74) is 1.23. The fourth-order valence-electron chi connectivity index (χ4n) is 8.10. The molecule has 0 aromatic heterocycles. The van der Waals surface area contributed by atoms with Crippen LogP contribution >= 0.6 is 0 Å². The van der Waals surface area contributed by atoms with Crippen molar-refractivity contribution in [3.05, 3.63) is 11.6 Å². The van der Waals surface area contributed by atoms with E-state index in [0.717, 1.165) is 50.4 Å². The van der Waals surface area contributed by atoms with Crippen molar-refractivity contribution in [2.75, 3.05) is 6.61 Å². The van der Waals surface area contributed by atoms with Crippen LogP contribution in [0.25, 0.3) is 0 Å². The summed E-state index contributed by atoms with van der Waals surface area (Å²) >= 11 is 0. The highest BCUT2D eigenvalue weighted by molar-refractivity contribution is 5.26. The predicted molar refractivity (Wildman–Crippen MR) is 113 cm³/mol. The maximum Gasteiger partial charge on any atom is 0.0591 e. The standard InChI is InChI=1S/C25H42O3/c1-23(2,28)12-4-5-17-7-9-21-20-8-6-18-15-19(27)10-14-25(18,16-26)22(20)11-13-24(17,21)3/h6,17,19-22,26-28H,4-5,7-16H2,1-3H3. The van der Waals surface area contributed by atoms with Gasteiger partial charge in [0.2, 0.25) is 0 Å². The maximum atomic E-state index is 10.5. The first kappa shape index (κ1) is 20.9. The average Bonchev–Trinajstić information content (AvgIpc) is 2.97. The first-order valence-electron chi connectivity index (χ1n) is 11.9. The number of rotatable bonds is 5. The molecule has 4 rings (SSSR count). The molecule has 4 aliphatic carbocycles. The van der Waals surface area contributed by atoms with E-state index in [4.69, 9.17) is 0 Å². The fraction of sp³-hybridized carbons (Fsp3) is 0.920. The molecule has 0 saturated heterocycles. The van der Waals surface area contributed by atoms with Crippen LogP contribution in [-0.4, -0.2) is 33.6 Å². The number of aliphatic hydroxyl groups excluding tert-OH is 2. The highest BCUT2D eigenvalue weighted by Gasteiger charge is 2.59. The van der Waals surface area contributed by atoms with Gasteiger partial charge in [0, 0.05) is 5.41 Å². The summed E-state index contributed by atoms with van der Waals surface area (Å²) in [5, 5.41) is 30.8. The molecule has 0 aliphatic heterocycles. The topological polar surface area (TPSA) is 60.7 Å². The van der Waals surface area contributed by atoms with E-state index >= 15 is 0 Å². The Morgan fingerprint density at radius 2 is 1.89 bits per heavy atom. The van der Waals surface area contributed by atoms with E-state index in [2.05, 4.69) is 13.0 Å². The van der Waals surface area contributed by atoms with E-state index in [1.165, 1.54) is 37.7 Å². The molecule has 3 saturated carbocycles. The van der Waals surface area contributed by atoms with E-state index in [9.17, 15) is 15.3 Å². The Hall–Kier alpha value is -0.380. The Morgan fingerprint density at radius 3 is 2.61 bits per heavy atom. The lowest BCUT2D eigenvalue weighted by molar-refractivity contribution is -0.0754. The summed E-state index contributed by atoms with van der Waals surface area (Å²) in [6.45, 7) is 6.69. The minimum absolute atomic E-state index is 0.0392. The Balaban J connectivity index is 1.51. The summed E-state index contributed by atoms with van der Waals surface area (Å²) in [7, 11) is 0. The van der Waals surface area contributed by atoms with Gasteiger partial charge < -0.3 is 15.3 Å². The lowest BCUT2D eigenvalue weighted by Gasteiger charge is -2.58. The molecule has 28 heavy (non-hydrogen) atoms. The van der Waals surface area contributed by atoms with Crippen molar-refractivity contribution in [2.45, 2.75) is 103 Å². The molecule has 160 valence electrons. The molecule has 7 atom stereocenters. The van der Waals surface area contributed by atoms with Gasteiger partial charge in [-0.15, -0.1) is 0 Å². The third-order valence-electron chi connectivity index (χ3n) is 9.62. The molecule has 3 N–H and O–H groups in total. The van der Waals surface area contributed by atoms with Gasteiger partial charge in [-0.05, 0) is 107 Å². The molecule has 0 bridgehead atoms. The van der Waals surface area contributed by atoms with Crippen LogP contribution in [0, 0.1) is 34.5 Å². The molecule has 0 aromatic rings. The third kappa shape index (κ3) is 3.40. The lowest BCUT2D eigenvalue weighted by atomic mass is 9.47. The largest absolute Gasteiger partial charge is 0.395 e. The van der Waals surface area contributed by atoms with Gasteiger partial charge in [-0.2, -0.15) is 0 Å². The summed E-state index contributed by atoms with van der Waals surface area (Å²) in [4.78, 5) is 0. The Morgan fingerprint density at radius 1 is 1.11 bits per heavy atom. The van der Waals surface area contributed by atoms with Gasteiger partial charge in [0.05, 0.1) is 18.3 Å². The molecular formula is C25H42O3. The zero-order chi connectivity index (χ0) is 20.2. The highest BCUT2D eigenvalue weighted by Crippen LogP contribution is 2.66. The van der Waals surface area contributed by atoms with E-state index in [0.29, 0.717) is 17.3 Å². The van der Waals surface area contributed by atoms with Crippen molar-refractivity contribution in [3.8, 4) is 0 Å². The summed E-state index contributed by atoms with van der Waals surface area (Å²) < 4.78 is 0. The smallest absolute Gasteiger partial charge is 0.0591 e. The van der Waals surface area contributed by atoms with Gasteiger partial charge in [-0.25, -0.2) is 0 Å². The SMILES string of the molecule is CC(C)(O)CCCC1CCC2C3CC=C4CC(O)CCC4(CO)C3CCC12C. The van der Waals surface area contributed by atoms with Crippen molar-refractivity contribution in [2.24, 2.45) is 34.5 Å². The average molecular weight is 391 g/mol. The van der Waals surface area contributed by atoms with Crippen molar-refractivity contribution < 1.29 is 15.3 Å². The first-order chi connectivity index (χ1) is 13.2. The van der Waals surface area contributed by atoms with E-state index in [1.54, 1.807) is 0 Å². The minimum atomic E-state index is -0.541. The summed E-state index contributed by atoms with van der Waals surface area (Å²) in [6, 6.07) is 0. The van der Waals surface area contributed by atoms with Crippen LogP contribution in [0.2, 0.25) is 0 Å². The third-order valence-corrected chi connectivity index (χ3v) is 9.62. The van der Waals surface area contributed by atoms with Crippen LogP contribution in [0.15, 0.2) is 11.6 Å². The number of aliphatic hydroxyl groups is 3. The molecule has 3 heteroatoms.